The number of hydrogen-bond acceptors (Lipinski definition) is 3. The van der Waals surface area contributed by atoms with E-state index in [0.717, 1.165) is 0 Å². The molecule has 0 aliphatic heterocycles. The molecule has 112 valence electrons. The van der Waals surface area contributed by atoms with Gasteiger partial charge in [0.2, 0.25) is 5.43 Å². The number of nitrogens with zero attached hydrogens (tertiary/aromatic N) is 1. The highest BCUT2D eigenvalue weighted by Gasteiger charge is 2.16. The summed E-state index contributed by atoms with van der Waals surface area (Å²) >= 11 is 0. The lowest BCUT2D eigenvalue weighted by Gasteiger charge is -2.17. The maximum Gasteiger partial charge on any atom is 0.341 e. The summed E-state index contributed by atoms with van der Waals surface area (Å²) in [6.07, 6.45) is 1.39. The van der Waals surface area contributed by atoms with Crippen LogP contribution in [0.25, 0.3) is 10.9 Å². The van der Waals surface area contributed by atoms with Crippen molar-refractivity contribution in [1.29, 1.82) is 0 Å². The van der Waals surface area contributed by atoms with E-state index < -0.39 is 11.4 Å². The molecule has 1 aromatic carbocycles. The minimum Gasteiger partial charge on any atom is -0.491 e. The Labute approximate surface area is 122 Å². The van der Waals surface area contributed by atoms with Crippen molar-refractivity contribution in [1.82, 2.24) is 4.57 Å². The fraction of sp³-hybridized carbons (Fsp3) is 0.375. The molecular formula is C16H19NO4. The number of carbonyl (C=O) groups is 1. The molecule has 2 aromatic rings. The zero-order chi connectivity index (χ0) is 15.7. The van der Waals surface area contributed by atoms with Crippen molar-refractivity contribution in [2.24, 2.45) is 0 Å². The number of fused-ring (bicyclic) bond motifs is 1. The summed E-state index contributed by atoms with van der Waals surface area (Å²) in [6.45, 7) is 7.66. The number of rotatable bonds is 4. The van der Waals surface area contributed by atoms with E-state index in [9.17, 15) is 14.7 Å². The molecule has 0 atom stereocenters. The van der Waals surface area contributed by atoms with Gasteiger partial charge in [-0.05, 0) is 45.9 Å². The zero-order valence-electron chi connectivity index (χ0n) is 12.6. The van der Waals surface area contributed by atoms with Gasteiger partial charge in [0.1, 0.15) is 11.3 Å². The van der Waals surface area contributed by atoms with E-state index >= 15 is 0 Å². The first-order valence-electron chi connectivity index (χ1n) is 6.90. The Balaban J connectivity index is 2.79. The number of carboxylic acid groups (broad SMARTS) is 1. The Bertz CT molecular complexity index is 744. The third kappa shape index (κ3) is 2.91. The zero-order valence-corrected chi connectivity index (χ0v) is 12.6. The summed E-state index contributed by atoms with van der Waals surface area (Å²) in [4.78, 5) is 23.6. The monoisotopic (exact) mass is 289 g/mol. The predicted molar refractivity (Wildman–Crippen MR) is 81.3 cm³/mol. The Morgan fingerprint density at radius 2 is 1.90 bits per heavy atom. The summed E-state index contributed by atoms with van der Waals surface area (Å²) in [5, 5.41) is 9.56. The van der Waals surface area contributed by atoms with Gasteiger partial charge in [-0.1, -0.05) is 0 Å². The Kier molecular flexibility index (Phi) is 4.02. The van der Waals surface area contributed by atoms with Crippen LogP contribution < -0.4 is 10.2 Å². The van der Waals surface area contributed by atoms with Crippen LogP contribution in [0.3, 0.4) is 0 Å². The van der Waals surface area contributed by atoms with E-state index in [0.29, 0.717) is 16.7 Å². The summed E-state index contributed by atoms with van der Waals surface area (Å²) < 4.78 is 7.37. The maximum absolute atomic E-state index is 12.3. The number of benzene rings is 1. The van der Waals surface area contributed by atoms with E-state index in [1.165, 1.54) is 6.20 Å². The van der Waals surface area contributed by atoms with Gasteiger partial charge < -0.3 is 14.4 Å². The fourth-order valence-corrected chi connectivity index (χ4v) is 2.26. The van der Waals surface area contributed by atoms with Crippen molar-refractivity contribution in [3.05, 3.63) is 40.2 Å². The summed E-state index contributed by atoms with van der Waals surface area (Å²) in [5.74, 6) is -0.654. The number of ether oxygens (including phenoxy) is 1. The minimum absolute atomic E-state index is 0.0163. The molecule has 5 nitrogen and oxygen atoms in total. The van der Waals surface area contributed by atoms with E-state index in [1.807, 2.05) is 27.7 Å². The fourth-order valence-electron chi connectivity index (χ4n) is 2.26. The first-order chi connectivity index (χ1) is 9.81. The van der Waals surface area contributed by atoms with Gasteiger partial charge in [0.15, 0.2) is 0 Å². The molecule has 0 aliphatic rings. The van der Waals surface area contributed by atoms with Crippen LogP contribution in [-0.4, -0.2) is 21.7 Å². The quantitative estimate of drug-likeness (QED) is 0.939. The second kappa shape index (κ2) is 5.60. The van der Waals surface area contributed by atoms with E-state index in [2.05, 4.69) is 0 Å². The number of carboxylic acids is 1. The molecule has 0 amide bonds. The van der Waals surface area contributed by atoms with Crippen molar-refractivity contribution in [3.63, 3.8) is 0 Å². The SMILES string of the molecule is CC(C)Oc1ccc2c(c1)c(=O)c(C(=O)O)cn2C(C)C. The number of hydrogen-bond donors (Lipinski definition) is 1. The standard InChI is InChI=1S/C16H19NO4/c1-9(2)17-8-13(16(19)20)15(18)12-7-11(21-10(3)4)5-6-14(12)17/h5-10H,1-4H3,(H,19,20). The lowest BCUT2D eigenvalue weighted by Crippen LogP contribution is -2.20. The van der Waals surface area contributed by atoms with Crippen LogP contribution in [0.1, 0.15) is 44.1 Å². The average Bonchev–Trinajstić information content (AvgIpc) is 2.38. The van der Waals surface area contributed by atoms with Gasteiger partial charge in [0.25, 0.3) is 0 Å². The first kappa shape index (κ1) is 15.1. The molecule has 0 saturated carbocycles. The van der Waals surface area contributed by atoms with Gasteiger partial charge in [0.05, 0.1) is 17.0 Å². The first-order valence-corrected chi connectivity index (χ1v) is 6.90. The average molecular weight is 289 g/mol. The molecule has 0 aliphatic carbocycles. The number of pyridine rings is 1. The van der Waals surface area contributed by atoms with Gasteiger partial charge in [-0.3, -0.25) is 4.79 Å². The van der Waals surface area contributed by atoms with Crippen molar-refractivity contribution >= 4 is 16.9 Å². The molecule has 1 aromatic heterocycles. The highest BCUT2D eigenvalue weighted by Crippen LogP contribution is 2.22. The van der Waals surface area contributed by atoms with Gasteiger partial charge >= 0.3 is 5.97 Å². The van der Waals surface area contributed by atoms with Gasteiger partial charge in [-0.25, -0.2) is 4.79 Å². The van der Waals surface area contributed by atoms with Crippen LogP contribution in [0.4, 0.5) is 0 Å². The molecule has 0 saturated heterocycles. The number of aromatic nitrogens is 1. The maximum atomic E-state index is 12.3. The molecule has 1 N–H and O–H groups in total. The van der Waals surface area contributed by atoms with Crippen LogP contribution in [0.5, 0.6) is 5.75 Å². The molecule has 0 fully saturated rings. The van der Waals surface area contributed by atoms with Gasteiger partial charge in [-0.2, -0.15) is 0 Å². The predicted octanol–water partition coefficient (Wildman–Crippen LogP) is 3.07. The summed E-state index contributed by atoms with van der Waals surface area (Å²) in [5.41, 5.74) is -0.00221. The Morgan fingerprint density at radius 3 is 2.43 bits per heavy atom. The molecule has 0 radical (unpaired) electrons. The summed E-state index contributed by atoms with van der Waals surface area (Å²) in [7, 11) is 0. The topological polar surface area (TPSA) is 68.5 Å². The molecule has 0 spiro atoms. The van der Waals surface area contributed by atoms with Crippen molar-refractivity contribution in [3.8, 4) is 5.75 Å². The highest BCUT2D eigenvalue weighted by atomic mass is 16.5. The molecule has 21 heavy (non-hydrogen) atoms. The smallest absolute Gasteiger partial charge is 0.341 e. The van der Waals surface area contributed by atoms with E-state index in [-0.39, 0.29) is 17.7 Å². The third-order valence-corrected chi connectivity index (χ3v) is 3.16. The van der Waals surface area contributed by atoms with Crippen LogP contribution in [0.2, 0.25) is 0 Å². The van der Waals surface area contributed by atoms with Crippen LogP contribution in [0, 0.1) is 0 Å². The largest absolute Gasteiger partial charge is 0.491 e. The van der Waals surface area contributed by atoms with Gasteiger partial charge in [0, 0.05) is 12.2 Å². The van der Waals surface area contributed by atoms with Crippen LogP contribution in [0.15, 0.2) is 29.2 Å². The molecule has 1 heterocycles. The second-order valence-corrected chi connectivity index (χ2v) is 5.52. The van der Waals surface area contributed by atoms with Crippen molar-refractivity contribution in [2.45, 2.75) is 39.8 Å². The summed E-state index contributed by atoms with van der Waals surface area (Å²) in [6, 6.07) is 5.24. The van der Waals surface area contributed by atoms with Crippen molar-refractivity contribution in [2.75, 3.05) is 0 Å². The highest BCUT2D eigenvalue weighted by molar-refractivity contribution is 5.93. The Morgan fingerprint density at radius 1 is 1.24 bits per heavy atom. The van der Waals surface area contributed by atoms with Crippen LogP contribution >= 0.6 is 0 Å². The number of aromatic carboxylic acids is 1. The molecule has 2 rings (SSSR count). The Hall–Kier alpha value is -2.30. The molecule has 0 unspecified atom stereocenters. The third-order valence-electron chi connectivity index (χ3n) is 3.16. The van der Waals surface area contributed by atoms with Crippen LogP contribution in [-0.2, 0) is 0 Å². The minimum atomic E-state index is -1.22. The lowest BCUT2D eigenvalue weighted by molar-refractivity contribution is 0.0694. The molecule has 5 heteroatoms. The van der Waals surface area contributed by atoms with Crippen molar-refractivity contribution < 1.29 is 14.6 Å². The van der Waals surface area contributed by atoms with Gasteiger partial charge in [-0.15, -0.1) is 0 Å². The normalized spacial score (nSPS) is 11.3. The lowest BCUT2D eigenvalue weighted by atomic mass is 10.1. The molecular weight excluding hydrogens is 270 g/mol. The second-order valence-electron chi connectivity index (χ2n) is 5.52. The van der Waals surface area contributed by atoms with E-state index in [4.69, 9.17) is 4.74 Å². The van der Waals surface area contributed by atoms with E-state index in [1.54, 1.807) is 22.8 Å². The molecule has 0 bridgehead atoms.